The molecule has 0 saturated carbocycles. The highest BCUT2D eigenvalue weighted by Crippen LogP contribution is 2.23. The number of carbonyl (C=O) groups is 1. The van der Waals surface area contributed by atoms with E-state index in [1.54, 1.807) is 37.4 Å². The van der Waals surface area contributed by atoms with Gasteiger partial charge in [0.05, 0.1) is 11.8 Å². The van der Waals surface area contributed by atoms with Crippen molar-refractivity contribution in [3.63, 3.8) is 0 Å². The number of carbonyl (C=O) groups excluding carboxylic acids is 1. The fraction of sp³-hybridized carbons (Fsp3) is 0.176. The highest BCUT2D eigenvalue weighted by molar-refractivity contribution is 6.40. The molecule has 1 atom stereocenters. The minimum Gasteiger partial charge on any atom is -0.291 e. The molecular weight excluding hydrogens is 300 g/mol. The molecule has 5 heteroatoms. The number of alkyl halides is 1. The summed E-state index contributed by atoms with van der Waals surface area (Å²) >= 11 is 6.18. The molecule has 0 bridgehead atoms. The summed E-state index contributed by atoms with van der Waals surface area (Å²) in [6.07, 6.45) is 0. The number of hydrogen-bond acceptors (Lipinski definition) is 4. The lowest BCUT2D eigenvalue weighted by atomic mass is 9.99. The minimum absolute atomic E-state index is 0.246. The van der Waals surface area contributed by atoms with Gasteiger partial charge in [-0.15, -0.1) is 0 Å². The van der Waals surface area contributed by atoms with Gasteiger partial charge in [0.2, 0.25) is 10.7 Å². The van der Waals surface area contributed by atoms with Crippen LogP contribution in [0.25, 0.3) is 0 Å². The smallest absolute Gasteiger partial charge is 0.218 e. The van der Waals surface area contributed by atoms with E-state index >= 15 is 0 Å². The third-order valence-corrected chi connectivity index (χ3v) is 3.52. The van der Waals surface area contributed by atoms with Gasteiger partial charge in [-0.3, -0.25) is 14.7 Å². The zero-order chi connectivity index (χ0) is 16.0. The van der Waals surface area contributed by atoms with Crippen molar-refractivity contribution in [3.05, 3.63) is 66.2 Å². The van der Waals surface area contributed by atoms with Gasteiger partial charge in [-0.25, -0.2) is 0 Å². The van der Waals surface area contributed by atoms with Crippen molar-refractivity contribution < 1.29 is 9.63 Å². The number of benzene rings is 2. The Morgan fingerprint density at radius 2 is 1.73 bits per heavy atom. The number of hydroxylamine groups is 1. The fourth-order valence-electron chi connectivity index (χ4n) is 1.87. The molecule has 0 spiro atoms. The summed E-state index contributed by atoms with van der Waals surface area (Å²) < 4.78 is 0. The molecule has 0 aliphatic heterocycles. The molecule has 0 aromatic heterocycles. The second kappa shape index (κ2) is 7.08. The SMILES string of the molecule is CN(OCC(Cl)(C#N)C(=O)c1ccccc1)c1ccccc1. The number of hydrogen-bond donors (Lipinski definition) is 0. The summed E-state index contributed by atoms with van der Waals surface area (Å²) in [7, 11) is 1.69. The molecule has 112 valence electrons. The summed E-state index contributed by atoms with van der Waals surface area (Å²) in [6.45, 7) is -0.246. The Bertz CT molecular complexity index is 670. The number of anilines is 1. The average molecular weight is 315 g/mol. The molecule has 0 aliphatic carbocycles. The van der Waals surface area contributed by atoms with Gasteiger partial charge < -0.3 is 0 Å². The van der Waals surface area contributed by atoms with Crippen molar-refractivity contribution in [1.82, 2.24) is 0 Å². The molecular formula is C17H15ClN2O2. The van der Waals surface area contributed by atoms with Crippen LogP contribution in [0.4, 0.5) is 5.69 Å². The van der Waals surface area contributed by atoms with Gasteiger partial charge in [0.15, 0.2) is 0 Å². The van der Waals surface area contributed by atoms with Crippen LogP contribution in [0.15, 0.2) is 60.7 Å². The summed E-state index contributed by atoms with van der Waals surface area (Å²) in [5, 5.41) is 10.8. The third kappa shape index (κ3) is 3.64. The molecule has 0 saturated heterocycles. The number of nitrogens with zero attached hydrogens (tertiary/aromatic N) is 2. The van der Waals surface area contributed by atoms with Gasteiger partial charge >= 0.3 is 0 Å². The standard InChI is InChI=1S/C17H15ClN2O2/c1-20(15-10-6-3-7-11-15)22-13-17(18,12-19)16(21)14-8-4-2-5-9-14/h2-11H,13H2,1H3. The van der Waals surface area contributed by atoms with Gasteiger partial charge in [0.1, 0.15) is 6.61 Å². The maximum absolute atomic E-state index is 12.4. The first-order valence-corrected chi connectivity index (χ1v) is 7.06. The minimum atomic E-state index is -1.76. The van der Waals surface area contributed by atoms with E-state index < -0.39 is 10.7 Å². The first-order chi connectivity index (χ1) is 10.6. The van der Waals surface area contributed by atoms with E-state index in [-0.39, 0.29) is 6.61 Å². The van der Waals surface area contributed by atoms with E-state index in [1.165, 1.54) is 5.06 Å². The van der Waals surface area contributed by atoms with Gasteiger partial charge in [-0.05, 0) is 12.1 Å². The van der Waals surface area contributed by atoms with Crippen LogP contribution in [0.1, 0.15) is 10.4 Å². The number of halogens is 1. The Hall–Kier alpha value is -2.35. The molecule has 4 nitrogen and oxygen atoms in total. The number of Topliss-reactive ketones (excluding diaryl/α,β-unsaturated/α-hetero) is 1. The van der Waals surface area contributed by atoms with Crippen LogP contribution in [-0.2, 0) is 4.84 Å². The van der Waals surface area contributed by atoms with Crippen molar-refractivity contribution in [3.8, 4) is 6.07 Å². The van der Waals surface area contributed by atoms with Crippen LogP contribution in [0.3, 0.4) is 0 Å². The molecule has 0 fully saturated rings. The molecule has 0 N–H and O–H groups in total. The van der Waals surface area contributed by atoms with Crippen molar-refractivity contribution in [1.29, 1.82) is 5.26 Å². The summed E-state index contributed by atoms with van der Waals surface area (Å²) in [5.74, 6) is -0.473. The Balaban J connectivity index is 2.08. The first kappa shape index (κ1) is 16.0. The van der Waals surface area contributed by atoms with Gasteiger partial charge in [-0.2, -0.15) is 5.26 Å². The third-order valence-electron chi connectivity index (χ3n) is 3.15. The predicted molar refractivity (Wildman–Crippen MR) is 85.8 cm³/mol. The number of para-hydroxylation sites is 1. The zero-order valence-electron chi connectivity index (χ0n) is 12.1. The second-order valence-corrected chi connectivity index (χ2v) is 5.36. The van der Waals surface area contributed by atoms with Crippen molar-refractivity contribution in [2.75, 3.05) is 18.7 Å². The van der Waals surface area contributed by atoms with E-state index in [0.717, 1.165) is 5.69 Å². The fourth-order valence-corrected chi connectivity index (χ4v) is 2.02. The van der Waals surface area contributed by atoms with Crippen molar-refractivity contribution in [2.24, 2.45) is 0 Å². The van der Waals surface area contributed by atoms with Crippen LogP contribution in [0.2, 0.25) is 0 Å². The van der Waals surface area contributed by atoms with Crippen LogP contribution in [-0.4, -0.2) is 24.3 Å². The first-order valence-electron chi connectivity index (χ1n) is 6.68. The molecule has 0 amide bonds. The van der Waals surface area contributed by atoms with Gasteiger partial charge in [-0.1, -0.05) is 60.1 Å². The number of nitriles is 1. The quantitative estimate of drug-likeness (QED) is 0.465. The highest BCUT2D eigenvalue weighted by atomic mass is 35.5. The van der Waals surface area contributed by atoms with E-state index in [9.17, 15) is 10.1 Å². The lowest BCUT2D eigenvalue weighted by Crippen LogP contribution is -2.39. The van der Waals surface area contributed by atoms with Gasteiger partial charge in [0.25, 0.3) is 0 Å². The highest BCUT2D eigenvalue weighted by Gasteiger charge is 2.38. The van der Waals surface area contributed by atoms with Crippen molar-refractivity contribution in [2.45, 2.75) is 4.87 Å². The van der Waals surface area contributed by atoms with E-state index in [2.05, 4.69) is 0 Å². The zero-order valence-corrected chi connectivity index (χ0v) is 12.8. The number of rotatable bonds is 6. The predicted octanol–water partition coefficient (Wildman–Crippen LogP) is 3.44. The lowest BCUT2D eigenvalue weighted by molar-refractivity contribution is 0.0793. The lowest BCUT2D eigenvalue weighted by Gasteiger charge is -2.23. The van der Waals surface area contributed by atoms with Crippen molar-refractivity contribution >= 4 is 23.1 Å². The average Bonchev–Trinajstić information content (AvgIpc) is 2.60. The van der Waals surface area contributed by atoms with Crippen LogP contribution >= 0.6 is 11.6 Å². The van der Waals surface area contributed by atoms with E-state index in [0.29, 0.717) is 5.56 Å². The summed E-state index contributed by atoms with van der Waals surface area (Å²) in [5.41, 5.74) is 1.18. The summed E-state index contributed by atoms with van der Waals surface area (Å²) in [4.78, 5) is 16.1. The maximum Gasteiger partial charge on any atom is 0.218 e. The molecule has 0 aliphatic rings. The molecule has 2 aromatic rings. The Morgan fingerprint density at radius 1 is 1.18 bits per heavy atom. The van der Waals surface area contributed by atoms with E-state index in [1.807, 2.05) is 36.4 Å². The molecule has 1 unspecified atom stereocenters. The summed E-state index contributed by atoms with van der Waals surface area (Å²) in [6, 6.07) is 19.6. The van der Waals surface area contributed by atoms with E-state index in [4.69, 9.17) is 16.4 Å². The van der Waals surface area contributed by atoms with Crippen LogP contribution in [0.5, 0.6) is 0 Å². The second-order valence-electron chi connectivity index (χ2n) is 4.71. The van der Waals surface area contributed by atoms with Crippen LogP contribution < -0.4 is 5.06 Å². The molecule has 0 heterocycles. The largest absolute Gasteiger partial charge is 0.291 e. The van der Waals surface area contributed by atoms with Crippen LogP contribution in [0, 0.1) is 11.3 Å². The Morgan fingerprint density at radius 3 is 2.27 bits per heavy atom. The number of ketones is 1. The molecule has 0 radical (unpaired) electrons. The maximum atomic E-state index is 12.4. The molecule has 2 aromatic carbocycles. The topological polar surface area (TPSA) is 53.3 Å². The monoisotopic (exact) mass is 314 g/mol. The van der Waals surface area contributed by atoms with Gasteiger partial charge in [0, 0.05) is 12.6 Å². The molecule has 2 rings (SSSR count). The Labute approximate surface area is 134 Å². The molecule has 22 heavy (non-hydrogen) atoms. The normalized spacial score (nSPS) is 13.0. The Kier molecular flexibility index (Phi) is 5.16.